The van der Waals surface area contributed by atoms with Gasteiger partial charge in [0.2, 0.25) is 0 Å². The van der Waals surface area contributed by atoms with E-state index in [1.54, 1.807) is 18.5 Å². The number of anilines is 3. The second kappa shape index (κ2) is 9.11. The lowest BCUT2D eigenvalue weighted by Crippen LogP contribution is -2.36. The van der Waals surface area contributed by atoms with Crippen molar-refractivity contribution in [2.45, 2.75) is 6.54 Å². The molecule has 0 atom stereocenters. The molecule has 1 aliphatic rings. The zero-order valence-electron chi connectivity index (χ0n) is 15.9. The molecular formula is C21H22N6O2. The third kappa shape index (κ3) is 4.85. The summed E-state index contributed by atoms with van der Waals surface area (Å²) in [7, 11) is 0. The summed E-state index contributed by atoms with van der Waals surface area (Å²) in [4.78, 5) is 27.1. The molecule has 148 valence electrons. The molecule has 0 bridgehead atoms. The van der Waals surface area contributed by atoms with Gasteiger partial charge in [-0.1, -0.05) is 12.1 Å². The number of aromatic nitrogens is 3. The highest BCUT2D eigenvalue weighted by Crippen LogP contribution is 2.28. The molecule has 1 fully saturated rings. The average Bonchev–Trinajstić information content (AvgIpc) is 2.79. The maximum Gasteiger partial charge on any atom is 0.270 e. The van der Waals surface area contributed by atoms with Crippen molar-refractivity contribution in [1.82, 2.24) is 20.3 Å². The summed E-state index contributed by atoms with van der Waals surface area (Å²) >= 11 is 0. The molecule has 1 aliphatic heterocycles. The molecule has 1 saturated heterocycles. The zero-order valence-corrected chi connectivity index (χ0v) is 15.9. The normalized spacial score (nSPS) is 13.7. The van der Waals surface area contributed by atoms with Gasteiger partial charge in [-0.2, -0.15) is 0 Å². The minimum Gasteiger partial charge on any atom is -0.378 e. The van der Waals surface area contributed by atoms with E-state index in [9.17, 15) is 4.79 Å². The Hall–Kier alpha value is -3.52. The number of para-hydroxylation sites is 2. The zero-order chi connectivity index (χ0) is 19.9. The van der Waals surface area contributed by atoms with Crippen molar-refractivity contribution in [3.63, 3.8) is 0 Å². The molecule has 0 unspecified atom stereocenters. The predicted octanol–water partition coefficient (Wildman–Crippen LogP) is 2.38. The van der Waals surface area contributed by atoms with Gasteiger partial charge in [0.1, 0.15) is 17.8 Å². The van der Waals surface area contributed by atoms with E-state index in [0.29, 0.717) is 31.3 Å². The smallest absolute Gasteiger partial charge is 0.270 e. The van der Waals surface area contributed by atoms with Gasteiger partial charge in [-0.25, -0.2) is 9.97 Å². The number of hydrogen-bond donors (Lipinski definition) is 2. The second-order valence-corrected chi connectivity index (χ2v) is 6.57. The first-order chi connectivity index (χ1) is 14.3. The molecule has 0 saturated carbocycles. The summed E-state index contributed by atoms with van der Waals surface area (Å²) < 4.78 is 5.45. The topological polar surface area (TPSA) is 92.3 Å². The number of nitrogens with zero attached hydrogens (tertiary/aromatic N) is 4. The monoisotopic (exact) mass is 390 g/mol. The Kier molecular flexibility index (Phi) is 5.92. The van der Waals surface area contributed by atoms with Gasteiger partial charge in [0.05, 0.1) is 24.6 Å². The Bertz CT molecular complexity index is 960. The van der Waals surface area contributed by atoms with Crippen LogP contribution < -0.4 is 15.5 Å². The number of carbonyl (C=O) groups excluding carboxylic acids is 1. The van der Waals surface area contributed by atoms with Crippen molar-refractivity contribution in [3.8, 4) is 0 Å². The van der Waals surface area contributed by atoms with E-state index in [0.717, 1.165) is 30.0 Å². The summed E-state index contributed by atoms with van der Waals surface area (Å²) in [6.07, 6.45) is 4.78. The summed E-state index contributed by atoms with van der Waals surface area (Å²) in [5.74, 6) is 0.309. The molecule has 0 aliphatic carbocycles. The molecule has 1 amide bonds. The fourth-order valence-corrected chi connectivity index (χ4v) is 3.12. The van der Waals surface area contributed by atoms with Gasteiger partial charge in [-0.15, -0.1) is 0 Å². The molecule has 0 spiro atoms. The Morgan fingerprint density at radius 3 is 2.69 bits per heavy atom. The molecule has 2 N–H and O–H groups in total. The number of rotatable bonds is 6. The van der Waals surface area contributed by atoms with E-state index in [4.69, 9.17) is 4.74 Å². The van der Waals surface area contributed by atoms with Gasteiger partial charge in [0.15, 0.2) is 0 Å². The highest BCUT2D eigenvalue weighted by atomic mass is 16.5. The SMILES string of the molecule is O=C(NCc1ccncc1)c1cc(Nc2ccccc2N2CCOCC2)ncn1. The molecule has 3 aromatic rings. The van der Waals surface area contributed by atoms with Gasteiger partial charge in [0.25, 0.3) is 5.91 Å². The van der Waals surface area contributed by atoms with Crippen molar-refractivity contribution < 1.29 is 9.53 Å². The van der Waals surface area contributed by atoms with E-state index in [2.05, 4.69) is 36.6 Å². The number of hydrogen-bond acceptors (Lipinski definition) is 7. The van der Waals surface area contributed by atoms with E-state index in [-0.39, 0.29) is 5.91 Å². The highest BCUT2D eigenvalue weighted by Gasteiger charge is 2.15. The van der Waals surface area contributed by atoms with Crippen molar-refractivity contribution in [2.75, 3.05) is 36.5 Å². The van der Waals surface area contributed by atoms with Gasteiger partial charge < -0.3 is 20.3 Å². The minimum absolute atomic E-state index is 0.256. The van der Waals surface area contributed by atoms with Crippen LogP contribution in [0.15, 0.2) is 61.2 Å². The number of amides is 1. The number of ether oxygens (including phenoxy) is 1. The first-order valence-corrected chi connectivity index (χ1v) is 9.47. The number of benzene rings is 1. The van der Waals surface area contributed by atoms with Crippen LogP contribution in [0, 0.1) is 0 Å². The lowest BCUT2D eigenvalue weighted by atomic mass is 10.2. The van der Waals surface area contributed by atoms with E-state index < -0.39 is 0 Å². The third-order valence-corrected chi connectivity index (χ3v) is 4.62. The number of pyridine rings is 1. The van der Waals surface area contributed by atoms with Crippen LogP contribution >= 0.6 is 0 Å². The van der Waals surface area contributed by atoms with Crippen LogP contribution in [0.4, 0.5) is 17.2 Å². The third-order valence-electron chi connectivity index (χ3n) is 4.62. The molecular weight excluding hydrogens is 368 g/mol. The number of nitrogens with one attached hydrogen (secondary N) is 2. The van der Waals surface area contributed by atoms with Crippen LogP contribution in [-0.4, -0.2) is 47.2 Å². The quantitative estimate of drug-likeness (QED) is 0.668. The molecule has 3 heterocycles. The van der Waals surface area contributed by atoms with E-state index in [1.165, 1.54) is 6.33 Å². The average molecular weight is 390 g/mol. The summed E-state index contributed by atoms with van der Waals surface area (Å²) in [6.45, 7) is 3.51. The van der Waals surface area contributed by atoms with Gasteiger partial charge >= 0.3 is 0 Å². The van der Waals surface area contributed by atoms with E-state index in [1.807, 2.05) is 30.3 Å². The van der Waals surface area contributed by atoms with Gasteiger partial charge in [-0.05, 0) is 29.8 Å². The Labute approximate surface area is 169 Å². The summed E-state index contributed by atoms with van der Waals surface area (Å²) in [5, 5.41) is 6.18. The van der Waals surface area contributed by atoms with Crippen LogP contribution in [0.25, 0.3) is 0 Å². The fraction of sp³-hybridized carbons (Fsp3) is 0.238. The molecule has 29 heavy (non-hydrogen) atoms. The fourth-order valence-electron chi connectivity index (χ4n) is 3.12. The summed E-state index contributed by atoms with van der Waals surface area (Å²) in [6, 6.07) is 13.4. The second-order valence-electron chi connectivity index (χ2n) is 6.57. The molecule has 4 rings (SSSR count). The molecule has 8 heteroatoms. The van der Waals surface area contributed by atoms with Gasteiger partial charge in [0, 0.05) is 38.1 Å². The Morgan fingerprint density at radius 2 is 1.86 bits per heavy atom. The van der Waals surface area contributed by atoms with Crippen molar-refractivity contribution >= 4 is 23.1 Å². The number of carbonyl (C=O) groups is 1. The molecule has 0 radical (unpaired) electrons. The standard InChI is InChI=1S/C21H22N6O2/c28-21(23-14-16-5-7-22-8-6-16)18-13-20(25-15-24-18)26-17-3-1-2-4-19(17)27-9-11-29-12-10-27/h1-8,13,15H,9-12,14H2,(H,23,28)(H,24,25,26). The highest BCUT2D eigenvalue weighted by molar-refractivity contribution is 5.93. The van der Waals surface area contributed by atoms with E-state index >= 15 is 0 Å². The largest absolute Gasteiger partial charge is 0.378 e. The lowest BCUT2D eigenvalue weighted by molar-refractivity contribution is 0.0945. The van der Waals surface area contributed by atoms with Crippen molar-refractivity contribution in [3.05, 3.63) is 72.4 Å². The first-order valence-electron chi connectivity index (χ1n) is 9.47. The van der Waals surface area contributed by atoms with Crippen LogP contribution in [0.3, 0.4) is 0 Å². The minimum atomic E-state index is -0.256. The predicted molar refractivity (Wildman–Crippen MR) is 110 cm³/mol. The van der Waals surface area contributed by atoms with Gasteiger partial charge in [-0.3, -0.25) is 9.78 Å². The Balaban J connectivity index is 1.46. The van der Waals surface area contributed by atoms with Crippen molar-refractivity contribution in [1.29, 1.82) is 0 Å². The molecule has 8 nitrogen and oxygen atoms in total. The van der Waals surface area contributed by atoms with Crippen LogP contribution in [0.1, 0.15) is 16.1 Å². The van der Waals surface area contributed by atoms with Crippen molar-refractivity contribution in [2.24, 2.45) is 0 Å². The summed E-state index contributed by atoms with van der Waals surface area (Å²) in [5.41, 5.74) is 3.29. The van der Waals surface area contributed by atoms with Crippen LogP contribution in [-0.2, 0) is 11.3 Å². The lowest BCUT2D eigenvalue weighted by Gasteiger charge is -2.30. The van der Waals surface area contributed by atoms with Crippen LogP contribution in [0.5, 0.6) is 0 Å². The maximum atomic E-state index is 12.5. The first kappa shape index (κ1) is 18.8. The number of morpholine rings is 1. The van der Waals surface area contributed by atoms with Crippen LogP contribution in [0.2, 0.25) is 0 Å². The Morgan fingerprint density at radius 1 is 1.07 bits per heavy atom. The molecule has 1 aromatic carbocycles. The maximum absolute atomic E-state index is 12.5. The molecule has 2 aromatic heterocycles.